The highest BCUT2D eigenvalue weighted by Gasteiger charge is 2.32. The van der Waals surface area contributed by atoms with Crippen molar-refractivity contribution >= 4 is 17.6 Å². The Morgan fingerprint density at radius 1 is 1.26 bits per heavy atom. The number of rotatable bonds is 4. The van der Waals surface area contributed by atoms with Crippen molar-refractivity contribution in [2.45, 2.75) is 32.2 Å². The van der Waals surface area contributed by atoms with Crippen molar-refractivity contribution in [2.24, 2.45) is 0 Å². The van der Waals surface area contributed by atoms with E-state index < -0.39 is 0 Å². The number of urea groups is 1. The second-order valence-electron chi connectivity index (χ2n) is 5.98. The minimum Gasteiger partial charge on any atom is -0.494 e. The van der Waals surface area contributed by atoms with Gasteiger partial charge in [0.2, 0.25) is 5.91 Å². The molecule has 1 aromatic carbocycles. The van der Waals surface area contributed by atoms with E-state index >= 15 is 0 Å². The van der Waals surface area contributed by atoms with Gasteiger partial charge in [-0.2, -0.15) is 0 Å². The number of likely N-dealkylation sites (tertiary alicyclic amines) is 1. The monoisotopic (exact) mass is 317 g/mol. The molecule has 2 aliphatic rings. The third-order valence-corrected chi connectivity index (χ3v) is 4.31. The lowest BCUT2D eigenvalue weighted by Crippen LogP contribution is -2.44. The van der Waals surface area contributed by atoms with Gasteiger partial charge in [0.15, 0.2) is 0 Å². The quantitative estimate of drug-likeness (QED) is 0.924. The summed E-state index contributed by atoms with van der Waals surface area (Å²) in [5.74, 6) is 0.836. The first kappa shape index (κ1) is 15.6. The van der Waals surface area contributed by atoms with Crippen LogP contribution in [0.15, 0.2) is 24.3 Å². The molecule has 0 aromatic heterocycles. The van der Waals surface area contributed by atoms with Crippen LogP contribution in [0.4, 0.5) is 10.5 Å². The Morgan fingerprint density at radius 3 is 2.61 bits per heavy atom. The van der Waals surface area contributed by atoms with E-state index in [9.17, 15) is 9.59 Å². The Hall–Kier alpha value is -2.24. The van der Waals surface area contributed by atoms with E-state index in [4.69, 9.17) is 4.74 Å². The summed E-state index contributed by atoms with van der Waals surface area (Å²) in [6.45, 7) is 4.70. The summed E-state index contributed by atoms with van der Waals surface area (Å²) in [6, 6.07) is 7.32. The molecule has 3 rings (SSSR count). The van der Waals surface area contributed by atoms with Crippen molar-refractivity contribution in [3.05, 3.63) is 24.3 Å². The largest absolute Gasteiger partial charge is 0.494 e. The van der Waals surface area contributed by atoms with E-state index in [1.807, 2.05) is 36.1 Å². The highest BCUT2D eigenvalue weighted by atomic mass is 16.5. The summed E-state index contributed by atoms with van der Waals surface area (Å²) < 4.78 is 5.42. The van der Waals surface area contributed by atoms with E-state index in [-0.39, 0.29) is 18.0 Å². The molecule has 0 spiro atoms. The van der Waals surface area contributed by atoms with Gasteiger partial charge in [0, 0.05) is 31.7 Å². The maximum absolute atomic E-state index is 12.2. The van der Waals surface area contributed by atoms with Crippen LogP contribution in [-0.2, 0) is 4.79 Å². The van der Waals surface area contributed by atoms with E-state index in [2.05, 4.69) is 5.32 Å². The maximum Gasteiger partial charge on any atom is 0.317 e. The molecule has 23 heavy (non-hydrogen) atoms. The summed E-state index contributed by atoms with van der Waals surface area (Å²) >= 11 is 0. The van der Waals surface area contributed by atoms with Crippen LogP contribution in [0.3, 0.4) is 0 Å². The van der Waals surface area contributed by atoms with Gasteiger partial charge in [-0.05, 0) is 44.0 Å². The van der Waals surface area contributed by atoms with Crippen LogP contribution in [0.25, 0.3) is 0 Å². The number of ether oxygens (including phenoxy) is 1. The number of hydrogen-bond donors (Lipinski definition) is 1. The minimum absolute atomic E-state index is 0.0425. The number of hydrogen-bond acceptors (Lipinski definition) is 3. The Morgan fingerprint density at radius 2 is 1.96 bits per heavy atom. The molecule has 6 nitrogen and oxygen atoms in total. The molecular formula is C17H23N3O3. The zero-order valence-electron chi connectivity index (χ0n) is 13.5. The molecule has 3 amide bonds. The SMILES string of the molecule is CCOc1ccc(N2CC(NC(=O)N3CCCC3)CC2=O)cc1. The highest BCUT2D eigenvalue weighted by molar-refractivity contribution is 5.96. The third-order valence-electron chi connectivity index (χ3n) is 4.31. The summed E-state index contributed by atoms with van der Waals surface area (Å²) in [6.07, 6.45) is 2.48. The van der Waals surface area contributed by atoms with Crippen molar-refractivity contribution in [3.63, 3.8) is 0 Å². The molecule has 124 valence electrons. The van der Waals surface area contributed by atoms with Crippen LogP contribution in [0.1, 0.15) is 26.2 Å². The van der Waals surface area contributed by atoms with E-state index in [0.717, 1.165) is 37.4 Å². The standard InChI is InChI=1S/C17H23N3O3/c1-2-23-15-7-5-14(6-8-15)20-12-13(11-16(20)21)18-17(22)19-9-3-4-10-19/h5-8,13H,2-4,9-12H2,1H3,(H,18,22). The summed E-state index contributed by atoms with van der Waals surface area (Å²) in [4.78, 5) is 27.9. The van der Waals surface area contributed by atoms with Gasteiger partial charge in [-0.15, -0.1) is 0 Å². The van der Waals surface area contributed by atoms with Crippen LogP contribution < -0.4 is 15.0 Å². The second kappa shape index (κ2) is 6.89. The Balaban J connectivity index is 1.59. The lowest BCUT2D eigenvalue weighted by molar-refractivity contribution is -0.117. The zero-order chi connectivity index (χ0) is 16.2. The van der Waals surface area contributed by atoms with Gasteiger partial charge in [0.25, 0.3) is 0 Å². The number of nitrogens with one attached hydrogen (secondary N) is 1. The fraction of sp³-hybridized carbons (Fsp3) is 0.529. The molecule has 0 saturated carbocycles. The number of amides is 3. The second-order valence-corrected chi connectivity index (χ2v) is 5.98. The Labute approximate surface area is 136 Å². The smallest absolute Gasteiger partial charge is 0.317 e. The first-order valence-corrected chi connectivity index (χ1v) is 8.26. The molecule has 2 fully saturated rings. The fourth-order valence-electron chi connectivity index (χ4n) is 3.13. The van der Waals surface area contributed by atoms with Crippen LogP contribution in [0.5, 0.6) is 5.75 Å². The summed E-state index contributed by atoms with van der Waals surface area (Å²) in [7, 11) is 0. The van der Waals surface area contributed by atoms with Crippen molar-refractivity contribution in [3.8, 4) is 5.75 Å². The van der Waals surface area contributed by atoms with E-state index in [1.165, 1.54) is 0 Å². The Bertz CT molecular complexity index is 567. The normalized spacial score (nSPS) is 20.9. The van der Waals surface area contributed by atoms with Crippen LogP contribution >= 0.6 is 0 Å². The predicted octanol–water partition coefficient (Wildman–Crippen LogP) is 2.00. The van der Waals surface area contributed by atoms with E-state index in [0.29, 0.717) is 19.6 Å². The first-order valence-electron chi connectivity index (χ1n) is 8.26. The van der Waals surface area contributed by atoms with E-state index in [1.54, 1.807) is 4.90 Å². The lowest BCUT2D eigenvalue weighted by atomic mass is 10.2. The maximum atomic E-state index is 12.2. The van der Waals surface area contributed by atoms with Crippen molar-refractivity contribution < 1.29 is 14.3 Å². The number of carbonyl (C=O) groups excluding carboxylic acids is 2. The lowest BCUT2D eigenvalue weighted by Gasteiger charge is -2.20. The molecule has 0 aliphatic carbocycles. The average molecular weight is 317 g/mol. The molecule has 1 aromatic rings. The number of anilines is 1. The number of benzene rings is 1. The zero-order valence-corrected chi connectivity index (χ0v) is 13.5. The topological polar surface area (TPSA) is 61.9 Å². The molecule has 0 radical (unpaired) electrons. The molecule has 1 unspecified atom stereocenters. The molecule has 2 heterocycles. The van der Waals surface area contributed by atoms with Crippen molar-refractivity contribution in [1.82, 2.24) is 10.2 Å². The van der Waals surface area contributed by atoms with Gasteiger partial charge < -0.3 is 19.9 Å². The van der Waals surface area contributed by atoms with Gasteiger partial charge in [0.1, 0.15) is 5.75 Å². The Kier molecular flexibility index (Phi) is 4.69. The van der Waals surface area contributed by atoms with Gasteiger partial charge in [-0.25, -0.2) is 4.79 Å². The van der Waals surface area contributed by atoms with Crippen LogP contribution in [-0.4, -0.2) is 49.1 Å². The van der Waals surface area contributed by atoms with Crippen LogP contribution in [0, 0.1) is 0 Å². The third kappa shape index (κ3) is 3.57. The molecular weight excluding hydrogens is 294 g/mol. The minimum atomic E-state index is -0.123. The molecule has 2 saturated heterocycles. The number of carbonyl (C=O) groups is 2. The van der Waals surface area contributed by atoms with Gasteiger partial charge in [-0.1, -0.05) is 0 Å². The number of nitrogens with zero attached hydrogens (tertiary/aromatic N) is 2. The molecule has 1 atom stereocenters. The van der Waals surface area contributed by atoms with Crippen molar-refractivity contribution in [2.75, 3.05) is 31.1 Å². The molecule has 1 N–H and O–H groups in total. The first-order chi connectivity index (χ1) is 11.2. The van der Waals surface area contributed by atoms with Crippen molar-refractivity contribution in [1.29, 1.82) is 0 Å². The predicted molar refractivity (Wildman–Crippen MR) is 87.7 cm³/mol. The fourth-order valence-corrected chi connectivity index (χ4v) is 3.13. The van der Waals surface area contributed by atoms with Gasteiger partial charge in [-0.3, -0.25) is 4.79 Å². The van der Waals surface area contributed by atoms with Gasteiger partial charge >= 0.3 is 6.03 Å². The molecule has 6 heteroatoms. The molecule has 0 bridgehead atoms. The molecule has 2 aliphatic heterocycles. The summed E-state index contributed by atoms with van der Waals surface area (Å²) in [5, 5.41) is 2.98. The van der Waals surface area contributed by atoms with Crippen LogP contribution in [0.2, 0.25) is 0 Å². The summed E-state index contributed by atoms with van der Waals surface area (Å²) in [5.41, 5.74) is 0.844. The average Bonchev–Trinajstić information content (AvgIpc) is 3.18. The highest BCUT2D eigenvalue weighted by Crippen LogP contribution is 2.24. The van der Waals surface area contributed by atoms with Gasteiger partial charge in [0.05, 0.1) is 12.6 Å².